The van der Waals surface area contributed by atoms with Gasteiger partial charge in [0.25, 0.3) is 5.91 Å². The summed E-state index contributed by atoms with van der Waals surface area (Å²) < 4.78 is 16.3. The molecular weight excluding hydrogens is 865 g/mol. The van der Waals surface area contributed by atoms with E-state index in [9.17, 15) is 24.0 Å². The van der Waals surface area contributed by atoms with Crippen LogP contribution in [0.2, 0.25) is 10.0 Å². The summed E-state index contributed by atoms with van der Waals surface area (Å²) in [5.41, 5.74) is 4.18. The van der Waals surface area contributed by atoms with E-state index in [1.807, 2.05) is 34.1 Å². The molecule has 3 N–H and O–H groups in total. The monoisotopic (exact) mass is 911 g/mol. The lowest BCUT2D eigenvalue weighted by molar-refractivity contribution is -0.136. The Morgan fingerprint density at radius 3 is 2.40 bits per heavy atom. The molecule has 0 bridgehead atoms. The number of carbonyl (C=O) groups excluding carboxylic acids is 5. The highest BCUT2D eigenvalue weighted by atomic mass is 35.5. The first-order chi connectivity index (χ1) is 31.4. The lowest BCUT2D eigenvalue weighted by Crippen LogP contribution is -2.60. The van der Waals surface area contributed by atoms with Gasteiger partial charge in [0.2, 0.25) is 17.7 Å². The van der Waals surface area contributed by atoms with Crippen LogP contribution in [0.5, 0.6) is 0 Å². The largest absolute Gasteiger partial charge is 0.355 e. The van der Waals surface area contributed by atoms with Crippen LogP contribution in [0, 0.1) is 23.6 Å². The Morgan fingerprint density at radius 1 is 0.892 bits per heavy atom. The fraction of sp³-hybridized carbons (Fsp3) is 0.365. The fourth-order valence-corrected chi connectivity index (χ4v) is 12.1. The number of amides is 4. The van der Waals surface area contributed by atoms with Gasteiger partial charge in [-0.25, -0.2) is 4.39 Å². The van der Waals surface area contributed by atoms with Crippen LogP contribution >= 0.6 is 23.2 Å². The number of piperidine rings is 2. The van der Waals surface area contributed by atoms with Gasteiger partial charge in [0, 0.05) is 82.9 Å². The maximum atomic E-state index is 16.3. The maximum Gasteiger partial charge on any atom is 0.253 e. The number of halogens is 3. The van der Waals surface area contributed by atoms with E-state index < -0.39 is 34.8 Å². The highest BCUT2D eigenvalue weighted by molar-refractivity contribution is 6.31. The van der Waals surface area contributed by atoms with Crippen molar-refractivity contribution in [2.45, 2.75) is 99.7 Å². The quantitative estimate of drug-likeness (QED) is 0.132. The number of nitrogens with zero attached hydrogens (tertiary/aromatic N) is 2. The number of imide groups is 1. The number of carbonyl (C=O) groups is 5. The highest BCUT2D eigenvalue weighted by Crippen LogP contribution is 2.63. The number of Topliss-reactive ketones (excluding diaryl/α,β-unsaturated/α-hetero) is 1. The van der Waals surface area contributed by atoms with Crippen molar-refractivity contribution in [1.82, 2.24) is 20.4 Å². The van der Waals surface area contributed by atoms with E-state index in [0.29, 0.717) is 72.7 Å². The van der Waals surface area contributed by atoms with E-state index in [4.69, 9.17) is 23.2 Å². The maximum absolute atomic E-state index is 16.3. The zero-order valence-electron chi connectivity index (χ0n) is 35.8. The number of hydrogen-bond donors (Lipinski definition) is 3. The minimum Gasteiger partial charge on any atom is -0.355 e. The standard InChI is InChI=1S/C52H48Cl2FN5O5/c1-30-36-8-5-7-33(38(36)29-60(30)42-19-20-44(62)57-48(42)63)14-11-31-21-25-59(26-22-31)49(64)34-15-12-32(13-16-34)27-43(61)47-45(37-9-6-10-40(54)46(37)55)52(51(58-47)23-3-2-4-24-51)39-18-17-35(53)28-41(39)56-50(52)65/h5-10,12-13,15-18,28,31,42,45,47,58H,1-4,19-27,29H2,(H,56,65)(H,57,62,63)/t42?,45-,47-,52+/m0/s1. The summed E-state index contributed by atoms with van der Waals surface area (Å²) in [6, 6.07) is 21.7. The smallest absolute Gasteiger partial charge is 0.253 e. The summed E-state index contributed by atoms with van der Waals surface area (Å²) in [5.74, 6) is 4.27. The molecule has 4 aromatic rings. The number of anilines is 1. The molecule has 5 aliphatic heterocycles. The first-order valence-electron chi connectivity index (χ1n) is 22.6. The van der Waals surface area contributed by atoms with E-state index in [1.54, 1.807) is 48.5 Å². The molecular formula is C52H48Cl2FN5O5. The van der Waals surface area contributed by atoms with E-state index in [2.05, 4.69) is 34.4 Å². The summed E-state index contributed by atoms with van der Waals surface area (Å²) in [6.07, 6.45) is 6.12. The fourth-order valence-electron chi connectivity index (χ4n) is 11.8. The van der Waals surface area contributed by atoms with Crippen molar-refractivity contribution < 1.29 is 28.4 Å². The van der Waals surface area contributed by atoms with Gasteiger partial charge in [0.05, 0.1) is 11.1 Å². The second kappa shape index (κ2) is 16.9. The van der Waals surface area contributed by atoms with Crippen molar-refractivity contribution in [3.63, 3.8) is 0 Å². The van der Waals surface area contributed by atoms with Crippen LogP contribution in [0.4, 0.5) is 10.1 Å². The Labute approximate surface area is 387 Å². The number of ketones is 1. The van der Waals surface area contributed by atoms with Crippen LogP contribution in [0.1, 0.15) is 107 Å². The van der Waals surface area contributed by atoms with E-state index in [0.717, 1.165) is 54.5 Å². The van der Waals surface area contributed by atoms with Crippen molar-refractivity contribution in [2.75, 3.05) is 18.4 Å². The van der Waals surface area contributed by atoms with Crippen LogP contribution in [0.25, 0.3) is 5.70 Å². The Balaban J connectivity index is 0.831. The number of hydrogen-bond acceptors (Lipinski definition) is 7. The van der Waals surface area contributed by atoms with Crippen molar-refractivity contribution in [1.29, 1.82) is 0 Å². The predicted molar refractivity (Wildman–Crippen MR) is 246 cm³/mol. The molecule has 1 unspecified atom stereocenters. The third-order valence-corrected chi connectivity index (χ3v) is 15.4. The van der Waals surface area contributed by atoms with Gasteiger partial charge in [-0.3, -0.25) is 34.6 Å². The Kier molecular flexibility index (Phi) is 11.2. The average Bonchev–Trinajstić information content (AvgIpc) is 3.90. The van der Waals surface area contributed by atoms with Crippen LogP contribution in [-0.2, 0) is 37.6 Å². The SMILES string of the molecule is C=C1c2cccc(C#CC3CCN(C(=O)c4ccc(CC(=O)[C@@H]5NC6(CCCCC6)[C@@]6(C(=O)Nc7cc(Cl)ccc76)[C@H]5c5cccc(Cl)c5F)cc4)CC3)c2CN1C1CCC(=O)NC1=O. The van der Waals surface area contributed by atoms with Crippen molar-refractivity contribution in [3.05, 3.63) is 140 Å². The normalized spacial score (nSPS) is 24.7. The van der Waals surface area contributed by atoms with Crippen LogP contribution in [0.15, 0.2) is 85.4 Å². The van der Waals surface area contributed by atoms with Gasteiger partial charge in [-0.15, -0.1) is 0 Å². The molecule has 0 radical (unpaired) electrons. The summed E-state index contributed by atoms with van der Waals surface area (Å²) >= 11 is 12.8. The molecule has 1 aliphatic carbocycles. The molecule has 0 aromatic heterocycles. The molecule has 6 aliphatic rings. The molecule has 5 heterocycles. The zero-order valence-corrected chi connectivity index (χ0v) is 37.3. The molecule has 4 amide bonds. The highest BCUT2D eigenvalue weighted by Gasteiger charge is 2.72. The minimum absolute atomic E-state index is 0.00380. The summed E-state index contributed by atoms with van der Waals surface area (Å²) in [4.78, 5) is 71.4. The molecule has 4 aromatic carbocycles. The second-order valence-corrected chi connectivity index (χ2v) is 19.2. The predicted octanol–water partition coefficient (Wildman–Crippen LogP) is 8.09. The van der Waals surface area contributed by atoms with Crippen molar-refractivity contribution >= 4 is 64.0 Å². The third kappa shape index (κ3) is 7.25. The molecule has 2 spiro atoms. The molecule has 3 saturated heterocycles. The lowest BCUT2D eigenvalue weighted by atomic mass is 9.55. The molecule has 4 atom stereocenters. The lowest BCUT2D eigenvalue weighted by Gasteiger charge is -2.47. The Morgan fingerprint density at radius 2 is 1.65 bits per heavy atom. The van der Waals surface area contributed by atoms with E-state index in [1.165, 1.54) is 6.07 Å². The third-order valence-electron chi connectivity index (χ3n) is 14.9. The first-order valence-corrected chi connectivity index (χ1v) is 23.3. The molecule has 10 nitrogen and oxygen atoms in total. The Bertz CT molecular complexity index is 2750. The summed E-state index contributed by atoms with van der Waals surface area (Å²) in [6.45, 7) is 5.86. The second-order valence-electron chi connectivity index (χ2n) is 18.4. The van der Waals surface area contributed by atoms with Gasteiger partial charge in [-0.2, -0.15) is 0 Å². The summed E-state index contributed by atoms with van der Waals surface area (Å²) in [7, 11) is 0. The van der Waals surface area contributed by atoms with Crippen molar-refractivity contribution in [3.8, 4) is 11.8 Å². The zero-order chi connectivity index (χ0) is 45.2. The van der Waals surface area contributed by atoms with Gasteiger partial charge < -0.3 is 15.1 Å². The number of rotatable bonds is 6. The number of fused-ring (bicyclic) bond motifs is 4. The number of nitrogens with one attached hydrogen (secondary N) is 3. The van der Waals surface area contributed by atoms with Gasteiger partial charge in [0.1, 0.15) is 17.3 Å². The van der Waals surface area contributed by atoms with Crippen LogP contribution < -0.4 is 16.0 Å². The molecule has 1 saturated carbocycles. The van der Waals surface area contributed by atoms with Gasteiger partial charge in [0.15, 0.2) is 5.78 Å². The van der Waals surface area contributed by atoms with E-state index >= 15 is 4.39 Å². The average molecular weight is 913 g/mol. The summed E-state index contributed by atoms with van der Waals surface area (Å²) in [5, 5.41) is 9.61. The van der Waals surface area contributed by atoms with Crippen LogP contribution in [0.3, 0.4) is 0 Å². The molecule has 10 rings (SSSR count). The molecule has 65 heavy (non-hydrogen) atoms. The first kappa shape index (κ1) is 43.1. The topological polar surface area (TPSA) is 128 Å². The van der Waals surface area contributed by atoms with Gasteiger partial charge in [-0.1, -0.05) is 103 Å². The molecule has 13 heteroatoms. The molecule has 332 valence electrons. The van der Waals surface area contributed by atoms with Crippen LogP contribution in [-0.4, -0.2) is 69.9 Å². The van der Waals surface area contributed by atoms with Crippen molar-refractivity contribution in [2.24, 2.45) is 5.92 Å². The van der Waals surface area contributed by atoms with E-state index in [-0.39, 0.29) is 52.3 Å². The van der Waals surface area contributed by atoms with Gasteiger partial charge in [-0.05, 0) is 90.8 Å². The number of likely N-dealkylation sites (tertiary alicyclic amines) is 1. The molecule has 4 fully saturated rings. The number of benzene rings is 4. The minimum atomic E-state index is -1.31. The Hall–Kier alpha value is -5.80. The van der Waals surface area contributed by atoms with Gasteiger partial charge >= 0.3 is 0 Å².